The van der Waals surface area contributed by atoms with Gasteiger partial charge in [0, 0.05) is 29.8 Å². The molecule has 8 heteroatoms. The fourth-order valence-electron chi connectivity index (χ4n) is 2.70. The number of nitro benzene ring substituents is 1. The maximum Gasteiger partial charge on any atom is 0.310 e. The lowest BCUT2D eigenvalue weighted by atomic mass is 10.0. The van der Waals surface area contributed by atoms with E-state index in [1.165, 1.54) is 19.2 Å². The van der Waals surface area contributed by atoms with E-state index in [1.54, 1.807) is 19.1 Å². The summed E-state index contributed by atoms with van der Waals surface area (Å²) >= 11 is 0. The molecular formula is C19H22N4O4. The predicted molar refractivity (Wildman–Crippen MR) is 100 cm³/mol. The normalized spacial score (nSPS) is 10.5. The Kier molecular flexibility index (Phi) is 6.70. The Morgan fingerprint density at radius 1 is 1.26 bits per heavy atom. The number of hydrogen-bond acceptors (Lipinski definition) is 7. The number of hydrogen-bond donors (Lipinski definition) is 1. The number of ether oxygens (including phenoxy) is 1. The number of non-ortho nitro benzene ring substituents is 1. The van der Waals surface area contributed by atoms with Crippen LogP contribution in [0.2, 0.25) is 0 Å². The summed E-state index contributed by atoms with van der Waals surface area (Å²) in [6.45, 7) is 3.75. The lowest BCUT2D eigenvalue weighted by Crippen LogP contribution is -2.17. The number of nitrogens with zero attached hydrogens (tertiary/aromatic N) is 3. The van der Waals surface area contributed by atoms with Crippen molar-refractivity contribution >= 4 is 17.4 Å². The Labute approximate surface area is 157 Å². The third kappa shape index (κ3) is 5.16. The second-order valence-electron chi connectivity index (χ2n) is 6.13. The van der Waals surface area contributed by atoms with E-state index in [0.29, 0.717) is 41.3 Å². The molecule has 27 heavy (non-hydrogen) atoms. The summed E-state index contributed by atoms with van der Waals surface area (Å²) in [5, 5.41) is 19.1. The van der Waals surface area contributed by atoms with E-state index in [-0.39, 0.29) is 12.1 Å². The van der Waals surface area contributed by atoms with Gasteiger partial charge in [-0.15, -0.1) is 0 Å². The second kappa shape index (κ2) is 8.98. The molecule has 0 aliphatic carbocycles. The number of rotatable bonds is 8. The van der Waals surface area contributed by atoms with Crippen LogP contribution in [0, 0.1) is 22.4 Å². The van der Waals surface area contributed by atoms with Crippen molar-refractivity contribution < 1.29 is 14.5 Å². The van der Waals surface area contributed by atoms with Gasteiger partial charge in [0.15, 0.2) is 0 Å². The first-order chi connectivity index (χ1) is 12.8. The Hall–Kier alpha value is -3.16. The van der Waals surface area contributed by atoms with Crippen molar-refractivity contribution in [3.8, 4) is 0 Å². The molecule has 1 aromatic carbocycles. The van der Waals surface area contributed by atoms with E-state index in [2.05, 4.69) is 9.97 Å². The van der Waals surface area contributed by atoms with Crippen LogP contribution in [0.5, 0.6) is 0 Å². The summed E-state index contributed by atoms with van der Waals surface area (Å²) < 4.78 is 4.74. The van der Waals surface area contributed by atoms with Crippen LogP contribution in [-0.2, 0) is 22.4 Å². The molecule has 1 N–H and O–H groups in total. The van der Waals surface area contributed by atoms with Gasteiger partial charge in [-0.3, -0.25) is 14.9 Å². The van der Waals surface area contributed by atoms with Gasteiger partial charge in [0.2, 0.25) is 0 Å². The van der Waals surface area contributed by atoms with Gasteiger partial charge in [0.1, 0.15) is 5.82 Å². The van der Waals surface area contributed by atoms with E-state index in [9.17, 15) is 14.9 Å². The molecule has 0 fully saturated rings. The van der Waals surface area contributed by atoms with E-state index in [1.807, 2.05) is 6.92 Å². The van der Waals surface area contributed by atoms with Gasteiger partial charge < -0.3 is 10.1 Å². The number of carbonyl (C=O) groups excluding carboxylic acids is 1. The molecule has 0 atom stereocenters. The highest BCUT2D eigenvalue weighted by atomic mass is 16.6. The van der Waals surface area contributed by atoms with Gasteiger partial charge in [-0.25, -0.2) is 9.97 Å². The maximum absolute atomic E-state index is 11.7. The molecule has 0 saturated carbocycles. The molecule has 0 unspecified atom stereocenters. The van der Waals surface area contributed by atoms with Crippen molar-refractivity contribution in [2.24, 2.45) is 0 Å². The second-order valence-corrected chi connectivity index (χ2v) is 6.13. The van der Waals surface area contributed by atoms with Crippen molar-refractivity contribution in [3.05, 3.63) is 62.7 Å². The average Bonchev–Trinajstić information content (AvgIpc) is 2.64. The summed E-state index contributed by atoms with van der Waals surface area (Å²) in [5.74, 6) is 0.0983. The minimum Gasteiger partial charge on any atom is -0.469 e. The molecule has 1 aromatic heterocycles. The fraction of sp³-hybridized carbons (Fsp3) is 0.368. The zero-order valence-electron chi connectivity index (χ0n) is 15.6. The van der Waals surface area contributed by atoms with E-state index in [0.717, 1.165) is 12.0 Å². The number of aromatic nitrogens is 2. The maximum atomic E-state index is 11.7. The Balaban J connectivity index is 2.38. The Morgan fingerprint density at radius 2 is 1.93 bits per heavy atom. The molecule has 0 aliphatic rings. The highest BCUT2D eigenvalue weighted by molar-refractivity contribution is 5.98. The number of carbonyl (C=O) groups is 1. The van der Waals surface area contributed by atoms with E-state index in [4.69, 9.17) is 10.1 Å². The molecule has 0 radical (unpaired) electrons. The number of nitro groups is 1. The lowest BCUT2D eigenvalue weighted by Gasteiger charge is -2.13. The van der Waals surface area contributed by atoms with Gasteiger partial charge in [-0.1, -0.05) is 25.5 Å². The molecule has 0 bridgehead atoms. The van der Waals surface area contributed by atoms with Gasteiger partial charge in [0.25, 0.3) is 5.69 Å². The molecule has 142 valence electrons. The summed E-state index contributed by atoms with van der Waals surface area (Å²) in [6.07, 6.45) is 1.73. The van der Waals surface area contributed by atoms with Crippen LogP contribution >= 0.6 is 0 Å². The molecule has 1 heterocycles. The standard InChI is InChI=1S/C19H22N4O4/c1-4-5-16(20)19-15(11-18(24)27-3)12(2)21-17(22-19)10-13-6-8-14(9-7-13)23(25)26/h6-9,20H,4-5,10-11H2,1-3H3. The molecule has 8 nitrogen and oxygen atoms in total. The first-order valence-electron chi connectivity index (χ1n) is 8.60. The minimum atomic E-state index is -0.448. The van der Waals surface area contributed by atoms with Crippen LogP contribution in [0.1, 0.15) is 48.1 Å². The average molecular weight is 370 g/mol. The monoisotopic (exact) mass is 370 g/mol. The number of methoxy groups -OCH3 is 1. The van der Waals surface area contributed by atoms with Crippen LogP contribution in [0.25, 0.3) is 0 Å². The van der Waals surface area contributed by atoms with Crippen LogP contribution in [0.4, 0.5) is 5.69 Å². The lowest BCUT2D eigenvalue weighted by molar-refractivity contribution is -0.384. The fourth-order valence-corrected chi connectivity index (χ4v) is 2.70. The quantitative estimate of drug-likeness (QED) is 0.330. The Morgan fingerprint density at radius 3 is 2.48 bits per heavy atom. The highest BCUT2D eigenvalue weighted by Gasteiger charge is 2.18. The van der Waals surface area contributed by atoms with E-state index < -0.39 is 10.9 Å². The number of esters is 1. The summed E-state index contributed by atoms with van der Waals surface area (Å²) in [7, 11) is 1.32. The zero-order chi connectivity index (χ0) is 20.0. The topological polar surface area (TPSA) is 119 Å². The van der Waals surface area contributed by atoms with Crippen molar-refractivity contribution in [1.82, 2.24) is 9.97 Å². The van der Waals surface area contributed by atoms with Crippen molar-refractivity contribution in [2.45, 2.75) is 39.5 Å². The molecule has 0 amide bonds. The third-order valence-electron chi connectivity index (χ3n) is 4.10. The third-order valence-corrected chi connectivity index (χ3v) is 4.10. The van der Waals surface area contributed by atoms with Crippen molar-refractivity contribution in [1.29, 1.82) is 5.41 Å². The van der Waals surface area contributed by atoms with Crippen LogP contribution < -0.4 is 0 Å². The number of benzene rings is 1. The van der Waals surface area contributed by atoms with E-state index >= 15 is 0 Å². The van der Waals surface area contributed by atoms with Gasteiger partial charge >= 0.3 is 5.97 Å². The van der Waals surface area contributed by atoms with Crippen LogP contribution in [-0.4, -0.2) is 33.7 Å². The smallest absolute Gasteiger partial charge is 0.310 e. The minimum absolute atomic E-state index is 0.0154. The van der Waals surface area contributed by atoms with Crippen LogP contribution in [0.3, 0.4) is 0 Å². The first-order valence-corrected chi connectivity index (χ1v) is 8.60. The van der Waals surface area contributed by atoms with Crippen molar-refractivity contribution in [3.63, 3.8) is 0 Å². The molecule has 0 spiro atoms. The molecule has 2 aromatic rings. The highest BCUT2D eigenvalue weighted by Crippen LogP contribution is 2.18. The molecule has 0 aliphatic heterocycles. The van der Waals surface area contributed by atoms with Gasteiger partial charge in [-0.2, -0.15) is 0 Å². The van der Waals surface area contributed by atoms with Gasteiger partial charge in [-0.05, 0) is 18.9 Å². The van der Waals surface area contributed by atoms with Crippen molar-refractivity contribution in [2.75, 3.05) is 7.11 Å². The van der Waals surface area contributed by atoms with Crippen LogP contribution in [0.15, 0.2) is 24.3 Å². The zero-order valence-corrected chi connectivity index (χ0v) is 15.6. The molecule has 0 saturated heterocycles. The molecular weight excluding hydrogens is 348 g/mol. The summed E-state index contributed by atoms with van der Waals surface area (Å²) in [5.41, 5.74) is 2.90. The summed E-state index contributed by atoms with van der Waals surface area (Å²) in [4.78, 5) is 31.0. The number of aryl methyl sites for hydroxylation is 1. The SMILES string of the molecule is CCCC(=N)c1nc(Cc2ccc([N+](=O)[O-])cc2)nc(C)c1CC(=O)OC. The predicted octanol–water partition coefficient (Wildman–Crippen LogP) is 3.17. The molecule has 2 rings (SSSR count). The largest absolute Gasteiger partial charge is 0.469 e. The number of nitrogens with one attached hydrogen (secondary N) is 1. The first kappa shape index (κ1) is 20.2. The van der Waals surface area contributed by atoms with Gasteiger partial charge in [0.05, 0.1) is 29.9 Å². The summed E-state index contributed by atoms with van der Waals surface area (Å²) in [6, 6.07) is 6.20. The Bertz CT molecular complexity index is 863.